The van der Waals surface area contributed by atoms with Crippen LogP contribution in [0.3, 0.4) is 0 Å². The molecule has 2 N–H and O–H groups in total. The normalized spacial score (nSPS) is 20.8. The van der Waals surface area contributed by atoms with E-state index in [1.807, 2.05) is 6.92 Å². The molecular weight excluding hydrogens is 407 g/mol. The summed E-state index contributed by atoms with van der Waals surface area (Å²) in [6.45, 7) is 1.97. The molecule has 1 heterocycles. The Bertz CT molecular complexity index is 1200. The van der Waals surface area contributed by atoms with Crippen molar-refractivity contribution in [1.29, 1.82) is 0 Å². The molecule has 3 aromatic rings. The fourth-order valence-corrected chi connectivity index (χ4v) is 3.90. The maximum atomic E-state index is 13.4. The first-order valence-corrected chi connectivity index (χ1v) is 9.63. The van der Waals surface area contributed by atoms with Gasteiger partial charge in [0.2, 0.25) is 0 Å². The summed E-state index contributed by atoms with van der Waals surface area (Å²) in [6, 6.07) is 8.01. The molecule has 1 aliphatic carbocycles. The van der Waals surface area contributed by atoms with Gasteiger partial charge in [-0.15, -0.1) is 16.6 Å². The number of rotatable bonds is 4. The minimum atomic E-state index is -4.50. The Labute approximate surface area is 177 Å². The summed E-state index contributed by atoms with van der Waals surface area (Å²) in [6.07, 6.45) is 2.25. The molecule has 0 saturated heterocycles. The summed E-state index contributed by atoms with van der Waals surface area (Å²) in [4.78, 5) is 0. The van der Waals surface area contributed by atoms with Crippen molar-refractivity contribution in [2.75, 3.05) is 12.4 Å². The van der Waals surface area contributed by atoms with Crippen LogP contribution in [0.2, 0.25) is 0 Å². The molecule has 0 bridgehead atoms. The molecular formula is C23H20F3N3O2. The van der Waals surface area contributed by atoms with Crippen LogP contribution in [0.5, 0.6) is 5.75 Å². The van der Waals surface area contributed by atoms with Gasteiger partial charge in [-0.05, 0) is 50.1 Å². The molecule has 0 aliphatic heterocycles. The lowest BCUT2D eigenvalue weighted by Gasteiger charge is -2.44. The highest BCUT2D eigenvalue weighted by Crippen LogP contribution is 2.41. The second-order valence-electron chi connectivity index (χ2n) is 7.94. The third-order valence-corrected chi connectivity index (χ3v) is 5.72. The molecule has 1 saturated carbocycles. The van der Waals surface area contributed by atoms with Crippen LogP contribution < -0.4 is 5.32 Å². The molecule has 0 radical (unpaired) electrons. The summed E-state index contributed by atoms with van der Waals surface area (Å²) < 4.78 is 45.6. The first-order chi connectivity index (χ1) is 14.6. The Morgan fingerprint density at radius 3 is 2.52 bits per heavy atom. The van der Waals surface area contributed by atoms with Crippen molar-refractivity contribution in [1.82, 2.24) is 10.2 Å². The predicted octanol–water partition coefficient (Wildman–Crippen LogP) is 4.98. The first kappa shape index (κ1) is 20.9. The highest BCUT2D eigenvalue weighted by atomic mass is 19.4. The fraction of sp³-hybridized carbons (Fsp3) is 0.304. The van der Waals surface area contributed by atoms with Crippen molar-refractivity contribution >= 4 is 16.6 Å². The molecule has 160 valence electrons. The Hall–Kier alpha value is -3.31. The number of phenols is 1. The van der Waals surface area contributed by atoms with Gasteiger partial charge in [-0.25, -0.2) is 0 Å². The van der Waals surface area contributed by atoms with Crippen LogP contribution in [0.1, 0.15) is 30.9 Å². The minimum Gasteiger partial charge on any atom is -0.507 e. The number of phenolic OH excluding ortho intramolecular Hbond substituents is 1. The Morgan fingerprint density at radius 1 is 1.16 bits per heavy atom. The van der Waals surface area contributed by atoms with Gasteiger partial charge in [0.05, 0.1) is 11.2 Å². The van der Waals surface area contributed by atoms with E-state index in [1.165, 1.54) is 12.1 Å². The summed E-state index contributed by atoms with van der Waals surface area (Å²) >= 11 is 0. The van der Waals surface area contributed by atoms with E-state index < -0.39 is 11.7 Å². The van der Waals surface area contributed by atoms with Crippen LogP contribution in [0.25, 0.3) is 22.0 Å². The number of aromatic nitrogens is 2. The molecule has 5 nitrogen and oxygen atoms in total. The number of benzene rings is 2. The number of hydrogen-bond acceptors (Lipinski definition) is 5. The predicted molar refractivity (Wildman–Crippen MR) is 112 cm³/mol. The van der Waals surface area contributed by atoms with Gasteiger partial charge in [-0.1, -0.05) is 12.0 Å². The molecule has 2 aromatic carbocycles. The lowest BCUT2D eigenvalue weighted by Crippen LogP contribution is -2.49. The smallest absolute Gasteiger partial charge is 0.416 e. The molecule has 31 heavy (non-hydrogen) atoms. The third kappa shape index (κ3) is 3.89. The van der Waals surface area contributed by atoms with E-state index in [4.69, 9.17) is 11.2 Å². The Kier molecular flexibility index (Phi) is 5.02. The lowest BCUT2D eigenvalue weighted by molar-refractivity contribution is -0.137. The molecule has 1 aliphatic rings. The minimum absolute atomic E-state index is 0.00570. The van der Waals surface area contributed by atoms with E-state index >= 15 is 0 Å². The van der Waals surface area contributed by atoms with Crippen molar-refractivity contribution in [2.24, 2.45) is 0 Å². The van der Waals surface area contributed by atoms with Crippen molar-refractivity contribution in [2.45, 2.75) is 37.6 Å². The third-order valence-electron chi connectivity index (χ3n) is 5.72. The summed E-state index contributed by atoms with van der Waals surface area (Å²) in [5.74, 6) is 2.55. The molecule has 4 rings (SSSR count). The number of nitrogens with zero attached hydrogens (tertiary/aromatic N) is 2. The topological polar surface area (TPSA) is 67.3 Å². The number of fused-ring (bicyclic) bond motifs is 1. The summed E-state index contributed by atoms with van der Waals surface area (Å²) in [5.41, 5.74) is 0.0263. The summed E-state index contributed by atoms with van der Waals surface area (Å²) in [5, 5.41) is 22.7. The zero-order valence-corrected chi connectivity index (χ0v) is 16.9. The number of ether oxygens (including phenoxy) is 1. The van der Waals surface area contributed by atoms with Gasteiger partial charge in [0.15, 0.2) is 5.82 Å². The van der Waals surface area contributed by atoms with Gasteiger partial charge in [-0.3, -0.25) is 0 Å². The molecule has 0 amide bonds. The van der Waals surface area contributed by atoms with E-state index in [2.05, 4.69) is 21.4 Å². The maximum absolute atomic E-state index is 13.4. The van der Waals surface area contributed by atoms with E-state index in [-0.39, 0.29) is 34.3 Å². The van der Waals surface area contributed by atoms with E-state index in [9.17, 15) is 18.3 Å². The molecule has 0 atom stereocenters. The van der Waals surface area contributed by atoms with Gasteiger partial charge in [0.1, 0.15) is 11.4 Å². The number of methoxy groups -OCH3 is 1. The number of alkyl halides is 3. The van der Waals surface area contributed by atoms with Crippen molar-refractivity contribution < 1.29 is 23.0 Å². The van der Waals surface area contributed by atoms with Crippen LogP contribution in [-0.4, -0.2) is 34.1 Å². The Balaban J connectivity index is 1.82. The highest BCUT2D eigenvalue weighted by molar-refractivity contribution is 6.01. The van der Waals surface area contributed by atoms with Crippen LogP contribution in [0.15, 0.2) is 36.4 Å². The SMILES string of the molecule is C#Cc1ccc(-c2nnc(NC3CC(C)(OC)C3)c3cc(C(F)(F)F)ccc23)c(O)c1. The van der Waals surface area contributed by atoms with Crippen LogP contribution in [0.4, 0.5) is 19.0 Å². The van der Waals surface area contributed by atoms with E-state index in [0.29, 0.717) is 29.4 Å². The van der Waals surface area contributed by atoms with E-state index in [0.717, 1.165) is 12.1 Å². The summed E-state index contributed by atoms with van der Waals surface area (Å²) in [7, 11) is 1.63. The second-order valence-corrected chi connectivity index (χ2v) is 7.94. The average Bonchev–Trinajstić information content (AvgIpc) is 2.71. The Morgan fingerprint density at radius 2 is 1.90 bits per heavy atom. The van der Waals surface area contributed by atoms with Gasteiger partial charge >= 0.3 is 6.18 Å². The second kappa shape index (κ2) is 7.43. The number of anilines is 1. The fourth-order valence-electron chi connectivity index (χ4n) is 3.90. The maximum Gasteiger partial charge on any atom is 0.416 e. The molecule has 8 heteroatoms. The molecule has 0 unspecified atom stereocenters. The van der Waals surface area contributed by atoms with Crippen molar-refractivity contribution in [3.05, 3.63) is 47.5 Å². The zero-order chi connectivity index (χ0) is 22.4. The molecule has 0 spiro atoms. The average molecular weight is 427 g/mol. The van der Waals surface area contributed by atoms with Crippen LogP contribution in [0, 0.1) is 12.3 Å². The van der Waals surface area contributed by atoms with Gasteiger partial charge in [0, 0.05) is 35.1 Å². The number of aromatic hydroxyl groups is 1. The number of hydrogen-bond donors (Lipinski definition) is 2. The largest absolute Gasteiger partial charge is 0.507 e. The van der Waals surface area contributed by atoms with Crippen molar-refractivity contribution in [3.8, 4) is 29.4 Å². The number of terminal acetylenes is 1. The monoisotopic (exact) mass is 427 g/mol. The quantitative estimate of drug-likeness (QED) is 0.575. The lowest BCUT2D eigenvalue weighted by atomic mass is 9.77. The zero-order valence-electron chi connectivity index (χ0n) is 16.9. The number of nitrogens with one attached hydrogen (secondary N) is 1. The highest BCUT2D eigenvalue weighted by Gasteiger charge is 2.41. The van der Waals surface area contributed by atoms with E-state index in [1.54, 1.807) is 19.2 Å². The van der Waals surface area contributed by atoms with Crippen LogP contribution >= 0.6 is 0 Å². The van der Waals surface area contributed by atoms with Gasteiger partial charge in [0.25, 0.3) is 0 Å². The van der Waals surface area contributed by atoms with Gasteiger partial charge < -0.3 is 15.2 Å². The first-order valence-electron chi connectivity index (χ1n) is 9.63. The number of halogens is 3. The standard InChI is InChI=1S/C23H20F3N3O2/c1-4-13-5-7-17(19(30)9-13)20-16-8-6-14(23(24,25)26)10-18(16)21(29-28-20)27-15-11-22(2,12-15)31-3/h1,5-10,15,30H,11-12H2,2-3H3,(H,27,29). The molecule has 1 aromatic heterocycles. The van der Waals surface area contributed by atoms with Gasteiger partial charge in [-0.2, -0.15) is 13.2 Å². The van der Waals surface area contributed by atoms with Crippen molar-refractivity contribution in [3.63, 3.8) is 0 Å². The molecule has 1 fully saturated rings. The van der Waals surface area contributed by atoms with Crippen LogP contribution in [-0.2, 0) is 10.9 Å².